The van der Waals surface area contributed by atoms with Crippen LogP contribution < -0.4 is 22.3 Å². The molecule has 8 nitrogen and oxygen atoms in total. The number of aliphatic imine (C=N–C) groups is 1. The van der Waals surface area contributed by atoms with E-state index in [9.17, 15) is 9.59 Å². The SMILES string of the molecule is Cc1ccc(NC(=Nc2c(N)n(C)c(=O)n(C)c2=O)N(C)C)cc1C. The number of nitrogen functional groups attached to an aromatic ring is 1. The fraction of sp³-hybridized carbons (Fsp3) is 0.353. The van der Waals surface area contributed by atoms with Crippen molar-refractivity contribution in [3.05, 3.63) is 50.2 Å². The van der Waals surface area contributed by atoms with E-state index in [0.29, 0.717) is 5.96 Å². The molecular formula is C17H24N6O2. The minimum absolute atomic E-state index is 0.0182. The highest BCUT2D eigenvalue weighted by Crippen LogP contribution is 2.17. The minimum atomic E-state index is -0.540. The fourth-order valence-electron chi connectivity index (χ4n) is 2.24. The third-order valence-electron chi connectivity index (χ3n) is 4.09. The van der Waals surface area contributed by atoms with Crippen molar-refractivity contribution in [2.75, 3.05) is 25.1 Å². The maximum atomic E-state index is 12.4. The van der Waals surface area contributed by atoms with E-state index in [2.05, 4.69) is 10.3 Å². The molecule has 1 aromatic carbocycles. The Kier molecular flexibility index (Phi) is 5.01. The number of aromatic nitrogens is 2. The van der Waals surface area contributed by atoms with Gasteiger partial charge >= 0.3 is 5.69 Å². The average molecular weight is 344 g/mol. The number of nitrogens with zero attached hydrogens (tertiary/aromatic N) is 4. The van der Waals surface area contributed by atoms with Crippen LogP contribution in [0, 0.1) is 13.8 Å². The second kappa shape index (κ2) is 6.84. The summed E-state index contributed by atoms with van der Waals surface area (Å²) < 4.78 is 2.18. The van der Waals surface area contributed by atoms with Gasteiger partial charge in [-0.05, 0) is 37.1 Å². The summed E-state index contributed by atoms with van der Waals surface area (Å²) in [5, 5.41) is 3.19. The van der Waals surface area contributed by atoms with Crippen molar-refractivity contribution in [1.29, 1.82) is 0 Å². The lowest BCUT2D eigenvalue weighted by Gasteiger charge is -2.19. The summed E-state index contributed by atoms with van der Waals surface area (Å²) in [5.74, 6) is 0.458. The summed E-state index contributed by atoms with van der Waals surface area (Å²) in [5.41, 5.74) is 8.09. The zero-order valence-electron chi connectivity index (χ0n) is 15.4. The van der Waals surface area contributed by atoms with Gasteiger partial charge in [-0.3, -0.25) is 13.9 Å². The predicted octanol–water partition coefficient (Wildman–Crippen LogP) is 0.944. The van der Waals surface area contributed by atoms with E-state index in [1.807, 2.05) is 32.0 Å². The van der Waals surface area contributed by atoms with Crippen molar-refractivity contribution in [1.82, 2.24) is 14.0 Å². The van der Waals surface area contributed by atoms with Crippen LogP contribution in [0.5, 0.6) is 0 Å². The molecule has 0 fully saturated rings. The monoisotopic (exact) mass is 344 g/mol. The van der Waals surface area contributed by atoms with Crippen molar-refractivity contribution >= 4 is 23.2 Å². The molecule has 0 unspecified atom stereocenters. The molecule has 0 spiro atoms. The molecule has 0 aliphatic rings. The van der Waals surface area contributed by atoms with Crippen LogP contribution in [0.25, 0.3) is 0 Å². The van der Waals surface area contributed by atoms with Crippen LogP contribution in [0.3, 0.4) is 0 Å². The highest BCUT2D eigenvalue weighted by Gasteiger charge is 2.14. The van der Waals surface area contributed by atoms with E-state index in [1.54, 1.807) is 19.0 Å². The first kappa shape index (κ1) is 18.3. The van der Waals surface area contributed by atoms with E-state index < -0.39 is 11.2 Å². The molecular weight excluding hydrogens is 320 g/mol. The van der Waals surface area contributed by atoms with E-state index in [4.69, 9.17) is 5.73 Å². The summed E-state index contributed by atoms with van der Waals surface area (Å²) in [6.07, 6.45) is 0. The number of nitrogens with two attached hydrogens (primary N) is 1. The van der Waals surface area contributed by atoms with Crippen LogP contribution in [-0.2, 0) is 14.1 Å². The van der Waals surface area contributed by atoms with Gasteiger partial charge in [0.05, 0.1) is 0 Å². The van der Waals surface area contributed by atoms with Crippen molar-refractivity contribution in [3.8, 4) is 0 Å². The lowest BCUT2D eigenvalue weighted by Crippen LogP contribution is -2.38. The normalized spacial score (nSPS) is 11.5. The van der Waals surface area contributed by atoms with Crippen LogP contribution in [-0.4, -0.2) is 34.1 Å². The number of rotatable bonds is 2. The summed E-state index contributed by atoms with van der Waals surface area (Å²) in [7, 11) is 6.50. The molecule has 25 heavy (non-hydrogen) atoms. The van der Waals surface area contributed by atoms with Crippen LogP contribution in [0.15, 0.2) is 32.8 Å². The Morgan fingerprint density at radius 2 is 1.76 bits per heavy atom. The molecule has 0 radical (unpaired) electrons. The lowest BCUT2D eigenvalue weighted by molar-refractivity contribution is 0.619. The molecule has 0 aliphatic heterocycles. The van der Waals surface area contributed by atoms with Crippen molar-refractivity contribution in [2.24, 2.45) is 19.1 Å². The number of benzene rings is 1. The molecule has 0 saturated heterocycles. The Labute approximate surface area is 146 Å². The summed E-state index contributed by atoms with van der Waals surface area (Å²) in [4.78, 5) is 30.4. The Hall–Kier alpha value is -3.03. The molecule has 2 aromatic rings. The lowest BCUT2D eigenvalue weighted by atomic mass is 10.1. The Morgan fingerprint density at radius 1 is 1.12 bits per heavy atom. The predicted molar refractivity (Wildman–Crippen MR) is 102 cm³/mol. The molecule has 0 amide bonds. The first-order valence-corrected chi connectivity index (χ1v) is 7.79. The number of anilines is 2. The quantitative estimate of drug-likeness (QED) is 0.624. The van der Waals surface area contributed by atoms with Gasteiger partial charge in [0.2, 0.25) is 5.96 Å². The number of aryl methyl sites for hydroxylation is 2. The average Bonchev–Trinajstić information content (AvgIpc) is 2.57. The topological polar surface area (TPSA) is 97.6 Å². The zero-order chi connectivity index (χ0) is 18.9. The van der Waals surface area contributed by atoms with Crippen LogP contribution in [0.4, 0.5) is 17.2 Å². The fourth-order valence-corrected chi connectivity index (χ4v) is 2.24. The molecule has 0 aliphatic carbocycles. The van der Waals surface area contributed by atoms with E-state index in [1.165, 1.54) is 24.2 Å². The smallest absolute Gasteiger partial charge is 0.332 e. The number of hydrogen-bond acceptors (Lipinski definition) is 4. The second-order valence-corrected chi connectivity index (χ2v) is 6.19. The molecule has 1 heterocycles. The first-order valence-electron chi connectivity index (χ1n) is 7.79. The molecule has 134 valence electrons. The first-order chi connectivity index (χ1) is 11.6. The Bertz CT molecular complexity index is 953. The van der Waals surface area contributed by atoms with Crippen LogP contribution >= 0.6 is 0 Å². The summed E-state index contributed by atoms with van der Waals surface area (Å²) >= 11 is 0. The molecule has 3 N–H and O–H groups in total. The van der Waals surface area contributed by atoms with Gasteiger partial charge < -0.3 is 16.0 Å². The maximum absolute atomic E-state index is 12.4. The minimum Gasteiger partial charge on any atom is -0.383 e. The van der Waals surface area contributed by atoms with Crippen LogP contribution in [0.2, 0.25) is 0 Å². The van der Waals surface area contributed by atoms with E-state index in [0.717, 1.165) is 15.8 Å². The molecule has 0 atom stereocenters. The number of nitrogens with one attached hydrogen (secondary N) is 1. The van der Waals surface area contributed by atoms with Gasteiger partial charge in [0, 0.05) is 33.9 Å². The maximum Gasteiger partial charge on any atom is 0.332 e. The largest absolute Gasteiger partial charge is 0.383 e. The van der Waals surface area contributed by atoms with Gasteiger partial charge in [-0.2, -0.15) is 0 Å². The van der Waals surface area contributed by atoms with E-state index in [-0.39, 0.29) is 11.5 Å². The third-order valence-corrected chi connectivity index (χ3v) is 4.09. The zero-order valence-corrected chi connectivity index (χ0v) is 15.4. The van der Waals surface area contributed by atoms with Crippen molar-refractivity contribution in [3.63, 3.8) is 0 Å². The van der Waals surface area contributed by atoms with Gasteiger partial charge in [0.15, 0.2) is 5.69 Å². The van der Waals surface area contributed by atoms with E-state index >= 15 is 0 Å². The van der Waals surface area contributed by atoms with Gasteiger partial charge in [-0.15, -0.1) is 0 Å². The number of guanidine groups is 1. The summed E-state index contributed by atoms with van der Waals surface area (Å²) in [6, 6.07) is 5.94. The second-order valence-electron chi connectivity index (χ2n) is 6.19. The van der Waals surface area contributed by atoms with Crippen molar-refractivity contribution in [2.45, 2.75) is 13.8 Å². The van der Waals surface area contributed by atoms with Crippen molar-refractivity contribution < 1.29 is 0 Å². The highest BCUT2D eigenvalue weighted by molar-refractivity contribution is 5.95. The van der Waals surface area contributed by atoms with Gasteiger partial charge in [-0.25, -0.2) is 9.79 Å². The standard InChI is InChI=1S/C17H24N6O2/c1-10-7-8-12(9-11(10)2)19-16(21(3)4)20-13-14(18)22(5)17(25)23(6)15(13)24/h7-9H,18H2,1-6H3,(H,19,20). The molecule has 8 heteroatoms. The van der Waals surface area contributed by atoms with Crippen LogP contribution in [0.1, 0.15) is 11.1 Å². The molecule has 0 saturated carbocycles. The van der Waals surface area contributed by atoms with Gasteiger partial charge in [-0.1, -0.05) is 6.07 Å². The Balaban J connectivity index is 2.57. The number of hydrogen-bond donors (Lipinski definition) is 2. The molecule has 1 aromatic heterocycles. The van der Waals surface area contributed by atoms with Gasteiger partial charge in [0.25, 0.3) is 5.56 Å². The Morgan fingerprint density at radius 3 is 2.32 bits per heavy atom. The highest BCUT2D eigenvalue weighted by atomic mass is 16.2. The molecule has 0 bridgehead atoms. The van der Waals surface area contributed by atoms with Gasteiger partial charge in [0.1, 0.15) is 5.82 Å². The third kappa shape index (κ3) is 3.57. The molecule has 2 rings (SSSR count). The summed E-state index contributed by atoms with van der Waals surface area (Å²) in [6.45, 7) is 4.06.